The normalized spacial score (nSPS) is 27.6. The van der Waals surface area contributed by atoms with Crippen molar-refractivity contribution in [3.8, 4) is 0 Å². The van der Waals surface area contributed by atoms with Gasteiger partial charge in [-0.1, -0.05) is 12.8 Å². The van der Waals surface area contributed by atoms with Crippen molar-refractivity contribution in [3.05, 3.63) is 0 Å². The minimum absolute atomic E-state index is 0.0252. The van der Waals surface area contributed by atoms with E-state index in [-0.39, 0.29) is 18.1 Å². The Balaban J connectivity index is 2.23. The number of Topliss-reactive ketones (excluding diaryl/α,β-unsaturated/α-hetero) is 1. The van der Waals surface area contributed by atoms with Crippen molar-refractivity contribution in [3.63, 3.8) is 0 Å². The molecule has 2 atom stereocenters. The van der Waals surface area contributed by atoms with Crippen molar-refractivity contribution in [2.24, 2.45) is 5.92 Å². The number of alkyl halides is 2. The van der Waals surface area contributed by atoms with Crippen molar-refractivity contribution >= 4 is 5.78 Å². The minimum atomic E-state index is -0.807. The first-order chi connectivity index (χ1) is 6.74. The molecule has 1 nitrogen and oxygen atoms in total. The van der Waals surface area contributed by atoms with E-state index in [1.807, 2.05) is 0 Å². The lowest BCUT2D eigenvalue weighted by Gasteiger charge is -2.25. The van der Waals surface area contributed by atoms with Crippen LogP contribution in [-0.2, 0) is 4.79 Å². The number of carbonyl (C=O) groups excluding carboxylic acids is 1. The summed E-state index contributed by atoms with van der Waals surface area (Å²) < 4.78 is 25.1. The predicted octanol–water partition coefficient (Wildman–Crippen LogP) is 3.22. The summed E-state index contributed by atoms with van der Waals surface area (Å²) in [6, 6.07) is 0. The van der Waals surface area contributed by atoms with Crippen molar-refractivity contribution in [1.29, 1.82) is 0 Å². The molecule has 0 aromatic heterocycles. The van der Waals surface area contributed by atoms with Gasteiger partial charge in [0, 0.05) is 12.8 Å². The Hall–Kier alpha value is -0.470. The number of halogens is 2. The van der Waals surface area contributed by atoms with Gasteiger partial charge in [-0.05, 0) is 25.2 Å². The van der Waals surface area contributed by atoms with E-state index in [1.54, 1.807) is 0 Å². The topological polar surface area (TPSA) is 17.1 Å². The van der Waals surface area contributed by atoms with Crippen LogP contribution >= 0.6 is 0 Å². The van der Waals surface area contributed by atoms with E-state index in [4.69, 9.17) is 0 Å². The van der Waals surface area contributed by atoms with Crippen LogP contribution in [0.25, 0.3) is 0 Å². The van der Waals surface area contributed by atoms with Gasteiger partial charge in [0.1, 0.15) is 12.0 Å². The molecule has 1 saturated carbocycles. The maximum absolute atomic E-state index is 13.3. The Bertz CT molecular complexity index is 182. The summed E-state index contributed by atoms with van der Waals surface area (Å²) in [6.45, 7) is -0.449. The maximum Gasteiger partial charge on any atom is 0.133 e. The Labute approximate surface area is 83.9 Å². The fraction of sp³-hybridized carbons (Fsp3) is 0.909. The van der Waals surface area contributed by atoms with Gasteiger partial charge in [0.2, 0.25) is 0 Å². The van der Waals surface area contributed by atoms with Gasteiger partial charge in [-0.15, -0.1) is 0 Å². The highest BCUT2D eigenvalue weighted by Crippen LogP contribution is 2.29. The van der Waals surface area contributed by atoms with Gasteiger partial charge in [-0.3, -0.25) is 9.18 Å². The van der Waals surface area contributed by atoms with Gasteiger partial charge in [0.15, 0.2) is 0 Å². The molecule has 0 aromatic rings. The van der Waals surface area contributed by atoms with Crippen molar-refractivity contribution < 1.29 is 13.6 Å². The SMILES string of the molecule is O=C(CCCF)CC1CCCCC1F. The molecule has 3 heteroatoms. The van der Waals surface area contributed by atoms with E-state index in [0.29, 0.717) is 19.3 Å². The number of rotatable bonds is 5. The lowest BCUT2D eigenvalue weighted by Crippen LogP contribution is -2.23. The van der Waals surface area contributed by atoms with Crippen LogP contribution in [0, 0.1) is 5.92 Å². The molecule has 1 aliphatic rings. The third-order valence-electron chi connectivity index (χ3n) is 2.90. The Kier molecular flexibility index (Phi) is 5.05. The molecule has 0 aromatic carbocycles. The highest BCUT2D eigenvalue weighted by atomic mass is 19.1. The number of carbonyl (C=O) groups is 1. The molecule has 0 saturated heterocycles. The summed E-state index contributed by atoms with van der Waals surface area (Å²) in [5.74, 6) is -0.0620. The van der Waals surface area contributed by atoms with Gasteiger partial charge < -0.3 is 0 Å². The van der Waals surface area contributed by atoms with Crippen molar-refractivity contribution in [2.75, 3.05) is 6.67 Å². The molecule has 0 bridgehead atoms. The molecular formula is C11H18F2O. The van der Waals surface area contributed by atoms with E-state index in [9.17, 15) is 13.6 Å². The standard InChI is InChI=1S/C11H18F2O/c12-7-3-5-10(14)8-9-4-1-2-6-11(9)13/h9,11H,1-8H2. The number of hydrogen-bond acceptors (Lipinski definition) is 1. The fourth-order valence-electron chi connectivity index (χ4n) is 2.05. The lowest BCUT2D eigenvalue weighted by molar-refractivity contribution is -0.121. The third-order valence-corrected chi connectivity index (χ3v) is 2.90. The van der Waals surface area contributed by atoms with Crippen LogP contribution in [0.4, 0.5) is 8.78 Å². The first kappa shape index (κ1) is 11.6. The minimum Gasteiger partial charge on any atom is -0.300 e. The quantitative estimate of drug-likeness (QED) is 0.672. The Morgan fingerprint density at radius 2 is 2.00 bits per heavy atom. The molecular weight excluding hydrogens is 186 g/mol. The van der Waals surface area contributed by atoms with Crippen molar-refractivity contribution in [1.82, 2.24) is 0 Å². The molecule has 14 heavy (non-hydrogen) atoms. The van der Waals surface area contributed by atoms with Gasteiger partial charge in [-0.25, -0.2) is 4.39 Å². The van der Waals surface area contributed by atoms with Crippen LogP contribution in [0.5, 0.6) is 0 Å². The van der Waals surface area contributed by atoms with Crippen LogP contribution in [0.2, 0.25) is 0 Å². The molecule has 0 heterocycles. The molecule has 0 amide bonds. The first-order valence-corrected chi connectivity index (χ1v) is 5.45. The molecule has 82 valence electrons. The molecule has 0 N–H and O–H groups in total. The molecule has 2 unspecified atom stereocenters. The average molecular weight is 204 g/mol. The van der Waals surface area contributed by atoms with E-state index >= 15 is 0 Å². The molecule has 0 radical (unpaired) electrons. The van der Waals surface area contributed by atoms with Gasteiger partial charge >= 0.3 is 0 Å². The summed E-state index contributed by atoms with van der Waals surface area (Å²) in [7, 11) is 0. The van der Waals surface area contributed by atoms with Crippen LogP contribution in [0.3, 0.4) is 0 Å². The summed E-state index contributed by atoms with van der Waals surface area (Å²) in [5, 5.41) is 0. The zero-order valence-corrected chi connectivity index (χ0v) is 8.48. The molecule has 1 fully saturated rings. The monoisotopic (exact) mass is 204 g/mol. The zero-order chi connectivity index (χ0) is 10.4. The largest absolute Gasteiger partial charge is 0.300 e. The second-order valence-electron chi connectivity index (χ2n) is 4.10. The van der Waals surface area contributed by atoms with Crippen molar-refractivity contribution in [2.45, 2.75) is 51.1 Å². The van der Waals surface area contributed by atoms with Crippen LogP contribution in [-0.4, -0.2) is 18.6 Å². The van der Waals surface area contributed by atoms with Crippen LogP contribution < -0.4 is 0 Å². The maximum atomic E-state index is 13.3. The summed E-state index contributed by atoms with van der Waals surface area (Å²) in [6.07, 6.45) is 3.48. The number of hydrogen-bond donors (Lipinski definition) is 0. The second kappa shape index (κ2) is 6.10. The Morgan fingerprint density at radius 3 is 2.64 bits per heavy atom. The summed E-state index contributed by atoms with van der Waals surface area (Å²) in [4.78, 5) is 11.3. The summed E-state index contributed by atoms with van der Waals surface area (Å²) in [5.41, 5.74) is 0. The third kappa shape index (κ3) is 3.72. The smallest absolute Gasteiger partial charge is 0.133 e. The highest BCUT2D eigenvalue weighted by molar-refractivity contribution is 5.78. The van der Waals surface area contributed by atoms with E-state index in [1.165, 1.54) is 0 Å². The predicted molar refractivity (Wildman–Crippen MR) is 51.7 cm³/mol. The van der Waals surface area contributed by atoms with E-state index in [0.717, 1.165) is 19.3 Å². The molecule has 0 spiro atoms. The van der Waals surface area contributed by atoms with Gasteiger partial charge in [0.25, 0.3) is 0 Å². The van der Waals surface area contributed by atoms with E-state index in [2.05, 4.69) is 0 Å². The fourth-order valence-corrected chi connectivity index (χ4v) is 2.05. The zero-order valence-electron chi connectivity index (χ0n) is 8.48. The molecule has 1 rings (SSSR count). The first-order valence-electron chi connectivity index (χ1n) is 5.45. The van der Waals surface area contributed by atoms with Gasteiger partial charge in [0.05, 0.1) is 6.67 Å². The van der Waals surface area contributed by atoms with Crippen LogP contribution in [0.1, 0.15) is 44.9 Å². The molecule has 0 aliphatic heterocycles. The lowest BCUT2D eigenvalue weighted by atomic mass is 9.84. The number of ketones is 1. The average Bonchev–Trinajstić information content (AvgIpc) is 2.18. The van der Waals surface area contributed by atoms with E-state index < -0.39 is 12.8 Å². The highest BCUT2D eigenvalue weighted by Gasteiger charge is 2.26. The second-order valence-corrected chi connectivity index (χ2v) is 4.10. The summed E-state index contributed by atoms with van der Waals surface area (Å²) >= 11 is 0. The Morgan fingerprint density at radius 1 is 1.29 bits per heavy atom. The molecule has 1 aliphatic carbocycles. The van der Waals surface area contributed by atoms with Gasteiger partial charge in [-0.2, -0.15) is 0 Å². The van der Waals surface area contributed by atoms with Crippen LogP contribution in [0.15, 0.2) is 0 Å².